The molecule has 1 saturated carbocycles. The van der Waals surface area contributed by atoms with Crippen molar-refractivity contribution < 1.29 is 4.79 Å². The summed E-state index contributed by atoms with van der Waals surface area (Å²) in [6.07, 6.45) is 1.91. The first kappa shape index (κ1) is 16.6. The maximum Gasteiger partial charge on any atom is 0.226 e. The number of nitrogens with two attached hydrogens (primary N) is 1. The van der Waals surface area contributed by atoms with Gasteiger partial charge >= 0.3 is 0 Å². The van der Waals surface area contributed by atoms with Gasteiger partial charge < -0.3 is 10.6 Å². The number of hydrogen-bond acceptors (Lipinski definition) is 2. The molecule has 5 heteroatoms. The number of benzene rings is 1. The third-order valence-electron chi connectivity index (χ3n) is 4.51. The Morgan fingerprint density at radius 2 is 1.95 bits per heavy atom. The monoisotopic (exact) mass is 328 g/mol. The number of nitrogens with zero attached hydrogens (tertiary/aromatic N) is 1. The first-order valence-corrected chi connectivity index (χ1v) is 8.24. The molecule has 21 heavy (non-hydrogen) atoms. The Morgan fingerprint density at radius 3 is 2.43 bits per heavy atom. The molecule has 2 rings (SSSR count). The largest absolute Gasteiger partial charge is 0.343 e. The summed E-state index contributed by atoms with van der Waals surface area (Å²) in [5.41, 5.74) is 7.31. The van der Waals surface area contributed by atoms with Crippen LogP contribution in [0.4, 0.5) is 0 Å². The average molecular weight is 329 g/mol. The van der Waals surface area contributed by atoms with E-state index in [2.05, 4.69) is 0 Å². The van der Waals surface area contributed by atoms with Crippen LogP contribution in [-0.4, -0.2) is 23.9 Å². The van der Waals surface area contributed by atoms with Crippen LogP contribution in [0.2, 0.25) is 10.0 Å². The Labute approximate surface area is 136 Å². The highest BCUT2D eigenvalue weighted by Crippen LogP contribution is 2.43. The van der Waals surface area contributed by atoms with Crippen molar-refractivity contribution in [2.75, 3.05) is 13.1 Å². The van der Waals surface area contributed by atoms with Crippen molar-refractivity contribution in [1.82, 2.24) is 4.90 Å². The van der Waals surface area contributed by atoms with Crippen molar-refractivity contribution in [3.8, 4) is 0 Å². The number of hydrogen-bond donors (Lipinski definition) is 1. The Hall–Kier alpha value is -0.770. The van der Waals surface area contributed by atoms with Crippen LogP contribution < -0.4 is 5.73 Å². The Morgan fingerprint density at radius 1 is 1.29 bits per heavy atom. The number of carbonyl (C=O) groups excluding carboxylic acids is 1. The van der Waals surface area contributed by atoms with Crippen LogP contribution in [0.1, 0.15) is 38.3 Å². The lowest BCUT2D eigenvalue weighted by Crippen LogP contribution is -2.46. The lowest BCUT2D eigenvalue weighted by atomic mass is 9.67. The van der Waals surface area contributed by atoms with Crippen LogP contribution in [0, 0.1) is 11.8 Å². The van der Waals surface area contributed by atoms with E-state index < -0.39 is 0 Å². The zero-order valence-corrected chi connectivity index (χ0v) is 14.0. The summed E-state index contributed by atoms with van der Waals surface area (Å²) in [5, 5.41) is 1.03. The molecule has 1 amide bonds. The molecule has 3 atom stereocenters. The molecule has 1 unspecified atom stereocenters. The molecule has 0 saturated heterocycles. The molecule has 0 spiro atoms. The molecule has 116 valence electrons. The SMILES string of the molecule is CCN(CC)C(=O)[C@@H]1CC[C@H]1C(N)c1ccc(Cl)c(Cl)c1. The van der Waals surface area contributed by atoms with Gasteiger partial charge in [0, 0.05) is 25.0 Å². The molecule has 1 aromatic carbocycles. The highest BCUT2D eigenvalue weighted by atomic mass is 35.5. The highest BCUT2D eigenvalue weighted by Gasteiger charge is 2.41. The van der Waals surface area contributed by atoms with E-state index in [1.54, 1.807) is 6.07 Å². The first-order chi connectivity index (χ1) is 9.99. The predicted molar refractivity (Wildman–Crippen MR) is 87.5 cm³/mol. The van der Waals surface area contributed by atoms with E-state index in [4.69, 9.17) is 28.9 Å². The van der Waals surface area contributed by atoms with Crippen LogP contribution in [-0.2, 0) is 4.79 Å². The van der Waals surface area contributed by atoms with E-state index in [-0.39, 0.29) is 23.8 Å². The third kappa shape index (κ3) is 3.36. The normalized spacial score (nSPS) is 22.5. The van der Waals surface area contributed by atoms with Gasteiger partial charge in [0.2, 0.25) is 5.91 Å². The summed E-state index contributed by atoms with van der Waals surface area (Å²) in [6, 6.07) is 5.30. The van der Waals surface area contributed by atoms with Crippen LogP contribution in [0.5, 0.6) is 0 Å². The second-order valence-electron chi connectivity index (χ2n) is 5.56. The minimum absolute atomic E-state index is 0.0364. The van der Waals surface area contributed by atoms with Crippen LogP contribution in [0.15, 0.2) is 18.2 Å². The molecular formula is C16H22Cl2N2O. The topological polar surface area (TPSA) is 46.3 Å². The molecule has 1 aliphatic carbocycles. The number of carbonyl (C=O) groups is 1. The molecule has 3 nitrogen and oxygen atoms in total. The van der Waals surface area contributed by atoms with Gasteiger partial charge in [-0.25, -0.2) is 0 Å². The molecule has 0 aliphatic heterocycles. The molecule has 0 bridgehead atoms. The van der Waals surface area contributed by atoms with Crippen molar-refractivity contribution >= 4 is 29.1 Å². The minimum Gasteiger partial charge on any atom is -0.343 e. The number of halogens is 2. The van der Waals surface area contributed by atoms with Crippen molar-refractivity contribution in [2.24, 2.45) is 17.6 Å². The van der Waals surface area contributed by atoms with Gasteiger partial charge in [-0.3, -0.25) is 4.79 Å². The maximum absolute atomic E-state index is 12.5. The molecule has 0 aromatic heterocycles. The number of amides is 1. The van der Waals surface area contributed by atoms with Crippen molar-refractivity contribution in [1.29, 1.82) is 0 Å². The van der Waals surface area contributed by atoms with Crippen LogP contribution in [0.3, 0.4) is 0 Å². The van der Waals surface area contributed by atoms with Gasteiger partial charge in [0.25, 0.3) is 0 Å². The molecule has 0 radical (unpaired) electrons. The van der Waals surface area contributed by atoms with Crippen LogP contribution in [0.25, 0.3) is 0 Å². The summed E-state index contributed by atoms with van der Waals surface area (Å²) in [5.74, 6) is 0.455. The molecule has 1 fully saturated rings. The Kier molecular flexibility index (Phi) is 5.53. The lowest BCUT2D eigenvalue weighted by molar-refractivity contribution is -0.141. The fourth-order valence-electron chi connectivity index (χ4n) is 3.00. The van der Waals surface area contributed by atoms with Crippen molar-refractivity contribution in [3.63, 3.8) is 0 Å². The number of rotatable bonds is 5. The summed E-state index contributed by atoms with van der Waals surface area (Å²) < 4.78 is 0. The third-order valence-corrected chi connectivity index (χ3v) is 5.25. The second kappa shape index (κ2) is 6.99. The zero-order chi connectivity index (χ0) is 15.6. The minimum atomic E-state index is -0.168. The van der Waals surface area contributed by atoms with Gasteiger partial charge in [-0.15, -0.1) is 0 Å². The molecule has 0 heterocycles. The lowest BCUT2D eigenvalue weighted by Gasteiger charge is -2.41. The van der Waals surface area contributed by atoms with Crippen molar-refractivity contribution in [3.05, 3.63) is 33.8 Å². The predicted octanol–water partition coefficient (Wildman–Crippen LogP) is 3.89. The van der Waals surface area contributed by atoms with Gasteiger partial charge in [0.05, 0.1) is 10.0 Å². The Balaban J connectivity index is 2.11. The van der Waals surface area contributed by atoms with E-state index in [0.717, 1.165) is 31.5 Å². The second-order valence-corrected chi connectivity index (χ2v) is 6.37. The molecular weight excluding hydrogens is 307 g/mol. The molecule has 2 N–H and O–H groups in total. The van der Waals surface area contributed by atoms with E-state index in [1.807, 2.05) is 30.9 Å². The summed E-state index contributed by atoms with van der Waals surface area (Å²) in [4.78, 5) is 14.4. The van der Waals surface area contributed by atoms with E-state index in [0.29, 0.717) is 10.0 Å². The van der Waals surface area contributed by atoms with Gasteiger partial charge in [-0.1, -0.05) is 29.3 Å². The van der Waals surface area contributed by atoms with E-state index in [1.165, 1.54) is 0 Å². The smallest absolute Gasteiger partial charge is 0.226 e. The Bertz CT molecular complexity index is 517. The van der Waals surface area contributed by atoms with Crippen LogP contribution >= 0.6 is 23.2 Å². The first-order valence-electron chi connectivity index (χ1n) is 7.48. The maximum atomic E-state index is 12.5. The fourth-order valence-corrected chi connectivity index (χ4v) is 3.31. The van der Waals surface area contributed by atoms with E-state index in [9.17, 15) is 4.79 Å². The summed E-state index contributed by atoms with van der Waals surface area (Å²) >= 11 is 12.0. The standard InChI is InChI=1S/C16H22Cl2N2O/c1-3-20(4-2)16(21)12-7-6-11(12)15(19)10-5-8-13(17)14(18)9-10/h5,8-9,11-12,15H,3-4,6-7,19H2,1-2H3/t11-,12-,15?/m1/s1. The zero-order valence-electron chi connectivity index (χ0n) is 12.5. The van der Waals surface area contributed by atoms with Gasteiger partial charge in [-0.05, 0) is 50.3 Å². The van der Waals surface area contributed by atoms with Gasteiger partial charge in [0.1, 0.15) is 0 Å². The molecule has 1 aromatic rings. The van der Waals surface area contributed by atoms with E-state index >= 15 is 0 Å². The average Bonchev–Trinajstić information content (AvgIpc) is 2.42. The quantitative estimate of drug-likeness (QED) is 0.891. The van der Waals surface area contributed by atoms with Gasteiger partial charge in [-0.2, -0.15) is 0 Å². The summed E-state index contributed by atoms with van der Waals surface area (Å²) in [6.45, 7) is 5.52. The fraction of sp³-hybridized carbons (Fsp3) is 0.562. The molecule has 1 aliphatic rings. The van der Waals surface area contributed by atoms with Gasteiger partial charge in [0.15, 0.2) is 0 Å². The highest BCUT2D eigenvalue weighted by molar-refractivity contribution is 6.42. The summed E-state index contributed by atoms with van der Waals surface area (Å²) in [7, 11) is 0. The van der Waals surface area contributed by atoms with Crippen molar-refractivity contribution in [2.45, 2.75) is 32.7 Å².